The van der Waals surface area contributed by atoms with Crippen LogP contribution >= 0.6 is 0 Å². The fraction of sp³-hybridized carbons (Fsp3) is 0.750. The van der Waals surface area contributed by atoms with Crippen LogP contribution < -0.4 is 0 Å². The molecular formula is C12H20N2O. The molecule has 0 radical (unpaired) electrons. The molecule has 0 amide bonds. The monoisotopic (exact) mass is 208 g/mol. The first-order valence-electron chi connectivity index (χ1n) is 5.68. The van der Waals surface area contributed by atoms with Gasteiger partial charge in [0.1, 0.15) is 0 Å². The second kappa shape index (κ2) is 3.63. The van der Waals surface area contributed by atoms with E-state index in [9.17, 15) is 5.11 Å². The van der Waals surface area contributed by atoms with Crippen LogP contribution in [0.4, 0.5) is 0 Å². The summed E-state index contributed by atoms with van der Waals surface area (Å²) < 4.78 is 1.93. The Morgan fingerprint density at radius 2 is 2.27 bits per heavy atom. The molecular weight excluding hydrogens is 188 g/mol. The van der Waals surface area contributed by atoms with Crippen molar-refractivity contribution >= 4 is 0 Å². The quantitative estimate of drug-likeness (QED) is 0.769. The highest BCUT2D eigenvalue weighted by Crippen LogP contribution is 2.40. The molecule has 15 heavy (non-hydrogen) atoms. The average molecular weight is 208 g/mol. The summed E-state index contributed by atoms with van der Waals surface area (Å²) in [5.41, 5.74) is 1.34. The minimum absolute atomic E-state index is 0.155. The van der Waals surface area contributed by atoms with E-state index in [1.165, 1.54) is 0 Å². The molecule has 1 N–H and O–H groups in total. The summed E-state index contributed by atoms with van der Waals surface area (Å²) in [6.07, 6.45) is 4.74. The SMILES string of the molecule is Cc1ccn(C2CC(C)(C)CCC2O)n1. The Morgan fingerprint density at radius 1 is 1.53 bits per heavy atom. The topological polar surface area (TPSA) is 38.0 Å². The summed E-state index contributed by atoms with van der Waals surface area (Å²) in [5, 5.41) is 14.4. The van der Waals surface area contributed by atoms with Crippen LogP contribution in [0, 0.1) is 12.3 Å². The normalized spacial score (nSPS) is 30.4. The number of aliphatic hydroxyl groups excluding tert-OH is 1. The maximum absolute atomic E-state index is 10.0. The van der Waals surface area contributed by atoms with Gasteiger partial charge in [-0.05, 0) is 37.7 Å². The third-order valence-corrected chi connectivity index (χ3v) is 3.40. The van der Waals surface area contributed by atoms with E-state index in [2.05, 4.69) is 18.9 Å². The zero-order valence-corrected chi connectivity index (χ0v) is 9.77. The molecule has 3 nitrogen and oxygen atoms in total. The summed E-state index contributed by atoms with van der Waals surface area (Å²) in [7, 11) is 0. The molecule has 1 saturated carbocycles. The van der Waals surface area contributed by atoms with Gasteiger partial charge in [0, 0.05) is 6.20 Å². The number of aliphatic hydroxyl groups is 1. The van der Waals surface area contributed by atoms with E-state index in [-0.39, 0.29) is 12.1 Å². The third kappa shape index (κ3) is 2.23. The van der Waals surface area contributed by atoms with E-state index in [4.69, 9.17) is 0 Å². The minimum atomic E-state index is -0.239. The number of hydrogen-bond acceptors (Lipinski definition) is 2. The van der Waals surface area contributed by atoms with Crippen molar-refractivity contribution in [2.75, 3.05) is 0 Å². The van der Waals surface area contributed by atoms with Crippen molar-refractivity contribution < 1.29 is 5.11 Å². The van der Waals surface area contributed by atoms with Crippen molar-refractivity contribution in [2.45, 2.75) is 52.2 Å². The lowest BCUT2D eigenvalue weighted by Gasteiger charge is -2.38. The molecule has 84 valence electrons. The molecule has 0 aromatic carbocycles. The van der Waals surface area contributed by atoms with Crippen LogP contribution in [0.2, 0.25) is 0 Å². The molecule has 1 aromatic rings. The van der Waals surface area contributed by atoms with Crippen LogP contribution in [0.5, 0.6) is 0 Å². The number of hydrogen-bond donors (Lipinski definition) is 1. The second-order valence-corrected chi connectivity index (χ2v) is 5.48. The van der Waals surface area contributed by atoms with Crippen LogP contribution in [0.1, 0.15) is 44.8 Å². The first-order chi connectivity index (χ1) is 6.98. The van der Waals surface area contributed by atoms with E-state index in [1.807, 2.05) is 23.9 Å². The van der Waals surface area contributed by atoms with Crippen LogP contribution in [0.3, 0.4) is 0 Å². The Bertz CT molecular complexity index is 343. The van der Waals surface area contributed by atoms with Gasteiger partial charge in [-0.25, -0.2) is 0 Å². The highest BCUT2D eigenvalue weighted by Gasteiger charge is 2.35. The van der Waals surface area contributed by atoms with Crippen molar-refractivity contribution in [3.8, 4) is 0 Å². The molecule has 2 rings (SSSR count). The lowest BCUT2D eigenvalue weighted by atomic mass is 9.74. The highest BCUT2D eigenvalue weighted by molar-refractivity contribution is 4.98. The summed E-state index contributed by atoms with van der Waals surface area (Å²) in [4.78, 5) is 0. The lowest BCUT2D eigenvalue weighted by molar-refractivity contribution is 0.0226. The van der Waals surface area contributed by atoms with E-state index in [0.29, 0.717) is 5.41 Å². The largest absolute Gasteiger partial charge is 0.391 e. The summed E-state index contributed by atoms with van der Waals surface area (Å²) in [6, 6.07) is 2.15. The smallest absolute Gasteiger partial charge is 0.0783 e. The van der Waals surface area contributed by atoms with Gasteiger partial charge in [0.25, 0.3) is 0 Å². The van der Waals surface area contributed by atoms with Crippen molar-refractivity contribution in [3.63, 3.8) is 0 Å². The maximum Gasteiger partial charge on any atom is 0.0783 e. The number of nitrogens with zero attached hydrogens (tertiary/aromatic N) is 2. The first kappa shape index (κ1) is 10.7. The third-order valence-electron chi connectivity index (χ3n) is 3.40. The molecule has 0 saturated heterocycles. The Morgan fingerprint density at radius 3 is 2.87 bits per heavy atom. The predicted molar refractivity (Wildman–Crippen MR) is 59.6 cm³/mol. The van der Waals surface area contributed by atoms with E-state index >= 15 is 0 Å². The molecule has 1 aromatic heterocycles. The molecule has 2 atom stereocenters. The summed E-state index contributed by atoms with van der Waals surface area (Å²) in [5.74, 6) is 0. The zero-order chi connectivity index (χ0) is 11.1. The molecule has 1 aliphatic rings. The van der Waals surface area contributed by atoms with Gasteiger partial charge in [0.15, 0.2) is 0 Å². The zero-order valence-electron chi connectivity index (χ0n) is 9.77. The fourth-order valence-corrected chi connectivity index (χ4v) is 2.42. The highest BCUT2D eigenvalue weighted by atomic mass is 16.3. The van der Waals surface area contributed by atoms with Gasteiger partial charge in [-0.2, -0.15) is 5.10 Å². The standard InChI is InChI=1S/C12H20N2O/c1-9-5-7-14(13-9)10-8-12(2,3)6-4-11(10)15/h5,7,10-11,15H,4,6,8H2,1-3H3. The fourth-order valence-electron chi connectivity index (χ4n) is 2.42. The first-order valence-corrected chi connectivity index (χ1v) is 5.68. The van der Waals surface area contributed by atoms with Crippen LogP contribution in [-0.4, -0.2) is 21.0 Å². The molecule has 3 heteroatoms. The van der Waals surface area contributed by atoms with Gasteiger partial charge < -0.3 is 5.11 Å². The van der Waals surface area contributed by atoms with E-state index in [0.717, 1.165) is 25.0 Å². The van der Waals surface area contributed by atoms with Gasteiger partial charge in [-0.3, -0.25) is 4.68 Å². The molecule has 0 spiro atoms. The number of rotatable bonds is 1. The average Bonchev–Trinajstić information content (AvgIpc) is 2.56. The van der Waals surface area contributed by atoms with Gasteiger partial charge >= 0.3 is 0 Å². The van der Waals surface area contributed by atoms with Crippen LogP contribution in [-0.2, 0) is 0 Å². The summed E-state index contributed by atoms with van der Waals surface area (Å²) in [6.45, 7) is 6.52. The molecule has 0 aliphatic heterocycles. The van der Waals surface area contributed by atoms with Crippen molar-refractivity contribution in [1.82, 2.24) is 9.78 Å². The molecule has 0 bridgehead atoms. The number of aryl methyl sites for hydroxylation is 1. The maximum atomic E-state index is 10.0. The van der Waals surface area contributed by atoms with Gasteiger partial charge in [0.05, 0.1) is 17.8 Å². The van der Waals surface area contributed by atoms with Crippen LogP contribution in [0.15, 0.2) is 12.3 Å². The Hall–Kier alpha value is -0.830. The van der Waals surface area contributed by atoms with Crippen molar-refractivity contribution in [3.05, 3.63) is 18.0 Å². The van der Waals surface area contributed by atoms with Gasteiger partial charge in [-0.1, -0.05) is 13.8 Å². The van der Waals surface area contributed by atoms with Crippen molar-refractivity contribution in [1.29, 1.82) is 0 Å². The van der Waals surface area contributed by atoms with Crippen LogP contribution in [0.25, 0.3) is 0 Å². The minimum Gasteiger partial charge on any atom is -0.391 e. The predicted octanol–water partition coefficient (Wildman–Crippen LogP) is 2.30. The van der Waals surface area contributed by atoms with Gasteiger partial charge in [0.2, 0.25) is 0 Å². The van der Waals surface area contributed by atoms with E-state index in [1.54, 1.807) is 0 Å². The Labute approximate surface area is 91.1 Å². The molecule has 1 heterocycles. The second-order valence-electron chi connectivity index (χ2n) is 5.48. The molecule has 1 fully saturated rings. The lowest BCUT2D eigenvalue weighted by Crippen LogP contribution is -2.35. The molecule has 1 aliphatic carbocycles. The molecule has 2 unspecified atom stereocenters. The Kier molecular flexibility index (Phi) is 2.59. The number of aromatic nitrogens is 2. The van der Waals surface area contributed by atoms with Crippen molar-refractivity contribution in [2.24, 2.45) is 5.41 Å². The summed E-state index contributed by atoms with van der Waals surface area (Å²) >= 11 is 0. The van der Waals surface area contributed by atoms with Gasteiger partial charge in [-0.15, -0.1) is 0 Å². The van der Waals surface area contributed by atoms with E-state index < -0.39 is 0 Å². The Balaban J connectivity index is 2.19.